The molecule has 0 spiro atoms. The van der Waals surface area contributed by atoms with Crippen molar-refractivity contribution in [1.82, 2.24) is 20.5 Å². The predicted molar refractivity (Wildman–Crippen MR) is 50.1 cm³/mol. The molecule has 0 bridgehead atoms. The first-order chi connectivity index (χ1) is 6.42. The maximum atomic E-state index is 4.21. The first-order valence-corrected chi connectivity index (χ1v) is 5.00. The van der Waals surface area contributed by atoms with Crippen molar-refractivity contribution in [3.63, 3.8) is 0 Å². The fourth-order valence-electron chi connectivity index (χ4n) is 1.84. The Morgan fingerprint density at radius 2 is 2.54 bits per heavy atom. The largest absolute Gasteiger partial charge is 0.307 e. The van der Waals surface area contributed by atoms with Crippen molar-refractivity contribution in [3.05, 3.63) is 12.2 Å². The van der Waals surface area contributed by atoms with Gasteiger partial charge in [0.2, 0.25) is 0 Å². The van der Waals surface area contributed by atoms with Crippen LogP contribution in [-0.4, -0.2) is 21.7 Å². The molecule has 2 rings (SSSR count). The van der Waals surface area contributed by atoms with Crippen LogP contribution in [0, 0.1) is 5.92 Å². The highest BCUT2D eigenvalue weighted by atomic mass is 15.2. The second-order valence-electron chi connectivity index (χ2n) is 3.60. The van der Waals surface area contributed by atoms with Crippen LogP contribution >= 0.6 is 0 Å². The summed E-state index contributed by atoms with van der Waals surface area (Å²) in [7, 11) is 0. The molecule has 0 radical (unpaired) electrons. The Morgan fingerprint density at radius 3 is 3.00 bits per heavy atom. The molecular weight excluding hydrogens is 164 g/mol. The molecule has 0 aliphatic heterocycles. The Hall–Kier alpha value is -0.900. The van der Waals surface area contributed by atoms with Gasteiger partial charge in [-0.2, -0.15) is 5.10 Å². The zero-order valence-corrected chi connectivity index (χ0v) is 7.95. The Labute approximate surface area is 78.1 Å². The van der Waals surface area contributed by atoms with Gasteiger partial charge < -0.3 is 5.32 Å². The zero-order chi connectivity index (χ0) is 9.10. The summed E-state index contributed by atoms with van der Waals surface area (Å²) in [6, 6.07) is 0.390. The van der Waals surface area contributed by atoms with E-state index < -0.39 is 0 Å². The molecule has 0 amide bonds. The van der Waals surface area contributed by atoms with Crippen LogP contribution in [0.15, 0.2) is 6.33 Å². The number of hydrogen-bond donors (Lipinski definition) is 2. The van der Waals surface area contributed by atoms with Gasteiger partial charge >= 0.3 is 0 Å². The molecule has 13 heavy (non-hydrogen) atoms. The fourth-order valence-corrected chi connectivity index (χ4v) is 1.84. The molecule has 1 aliphatic carbocycles. The van der Waals surface area contributed by atoms with Crippen LogP contribution in [0.5, 0.6) is 0 Å². The molecule has 0 saturated heterocycles. The van der Waals surface area contributed by atoms with Crippen molar-refractivity contribution in [2.75, 3.05) is 6.54 Å². The van der Waals surface area contributed by atoms with Crippen LogP contribution in [0.1, 0.15) is 38.1 Å². The van der Waals surface area contributed by atoms with Crippen molar-refractivity contribution < 1.29 is 0 Å². The highest BCUT2D eigenvalue weighted by molar-refractivity contribution is 4.97. The van der Waals surface area contributed by atoms with E-state index in [1.165, 1.54) is 19.3 Å². The van der Waals surface area contributed by atoms with E-state index in [2.05, 4.69) is 27.4 Å². The van der Waals surface area contributed by atoms with Gasteiger partial charge in [0.1, 0.15) is 12.2 Å². The standard InChI is InChI=1S/C9H16N4/c1-2-10-8(7-4-3-5-7)9-11-6-12-13-9/h6-8,10H,2-5H2,1H3,(H,11,12,13). The van der Waals surface area contributed by atoms with E-state index in [0.717, 1.165) is 18.3 Å². The SMILES string of the molecule is CCNC(c1ncn[nH]1)C1CCC1. The molecule has 1 aliphatic rings. The molecule has 0 aromatic carbocycles. The zero-order valence-electron chi connectivity index (χ0n) is 7.95. The fraction of sp³-hybridized carbons (Fsp3) is 0.778. The van der Waals surface area contributed by atoms with E-state index in [4.69, 9.17) is 0 Å². The summed E-state index contributed by atoms with van der Waals surface area (Å²) in [4.78, 5) is 4.21. The maximum Gasteiger partial charge on any atom is 0.141 e. The number of H-pyrrole nitrogens is 1. The van der Waals surface area contributed by atoms with E-state index in [9.17, 15) is 0 Å². The maximum absolute atomic E-state index is 4.21. The minimum atomic E-state index is 0.390. The van der Waals surface area contributed by atoms with Crippen molar-refractivity contribution in [1.29, 1.82) is 0 Å². The van der Waals surface area contributed by atoms with Gasteiger partial charge in [-0.15, -0.1) is 0 Å². The van der Waals surface area contributed by atoms with Gasteiger partial charge in [0.25, 0.3) is 0 Å². The summed E-state index contributed by atoms with van der Waals surface area (Å²) in [5.41, 5.74) is 0. The second-order valence-corrected chi connectivity index (χ2v) is 3.60. The van der Waals surface area contributed by atoms with Crippen LogP contribution in [0.4, 0.5) is 0 Å². The average molecular weight is 180 g/mol. The lowest BCUT2D eigenvalue weighted by atomic mass is 9.79. The van der Waals surface area contributed by atoms with Gasteiger partial charge in [0.05, 0.1) is 6.04 Å². The minimum absolute atomic E-state index is 0.390. The number of nitrogens with zero attached hydrogens (tertiary/aromatic N) is 2. The molecule has 1 aromatic heterocycles. The van der Waals surface area contributed by atoms with Crippen LogP contribution in [-0.2, 0) is 0 Å². The Kier molecular flexibility index (Phi) is 2.59. The van der Waals surface area contributed by atoms with Crippen molar-refractivity contribution in [2.45, 2.75) is 32.2 Å². The average Bonchev–Trinajstić information content (AvgIpc) is 2.51. The molecule has 1 aromatic rings. The molecule has 4 nitrogen and oxygen atoms in total. The molecule has 1 saturated carbocycles. The quantitative estimate of drug-likeness (QED) is 0.733. The summed E-state index contributed by atoms with van der Waals surface area (Å²) >= 11 is 0. The summed E-state index contributed by atoms with van der Waals surface area (Å²) in [6.07, 6.45) is 5.58. The number of aromatic amines is 1. The van der Waals surface area contributed by atoms with Gasteiger partial charge in [-0.25, -0.2) is 4.98 Å². The molecule has 1 fully saturated rings. The summed E-state index contributed by atoms with van der Waals surface area (Å²) < 4.78 is 0. The van der Waals surface area contributed by atoms with Crippen LogP contribution in [0.3, 0.4) is 0 Å². The third-order valence-corrected chi connectivity index (χ3v) is 2.77. The van der Waals surface area contributed by atoms with Gasteiger partial charge in [-0.1, -0.05) is 13.3 Å². The topological polar surface area (TPSA) is 53.6 Å². The van der Waals surface area contributed by atoms with Gasteiger partial charge in [0, 0.05) is 0 Å². The van der Waals surface area contributed by atoms with Crippen LogP contribution in [0.2, 0.25) is 0 Å². The smallest absolute Gasteiger partial charge is 0.141 e. The molecule has 72 valence electrons. The molecule has 2 N–H and O–H groups in total. The third kappa shape index (κ3) is 1.72. The minimum Gasteiger partial charge on any atom is -0.307 e. The Bertz CT molecular complexity index is 240. The summed E-state index contributed by atoms with van der Waals surface area (Å²) in [6.45, 7) is 3.11. The lowest BCUT2D eigenvalue weighted by Crippen LogP contribution is -2.32. The first-order valence-electron chi connectivity index (χ1n) is 5.00. The number of nitrogens with one attached hydrogen (secondary N) is 2. The van der Waals surface area contributed by atoms with Gasteiger partial charge in [-0.3, -0.25) is 5.10 Å². The lowest BCUT2D eigenvalue weighted by Gasteiger charge is -2.32. The van der Waals surface area contributed by atoms with E-state index in [0.29, 0.717) is 6.04 Å². The van der Waals surface area contributed by atoms with E-state index in [-0.39, 0.29) is 0 Å². The lowest BCUT2D eigenvalue weighted by molar-refractivity contribution is 0.226. The third-order valence-electron chi connectivity index (χ3n) is 2.77. The van der Waals surface area contributed by atoms with E-state index >= 15 is 0 Å². The van der Waals surface area contributed by atoms with Crippen molar-refractivity contribution in [2.24, 2.45) is 5.92 Å². The molecule has 4 heteroatoms. The van der Waals surface area contributed by atoms with Crippen LogP contribution in [0.25, 0.3) is 0 Å². The van der Waals surface area contributed by atoms with Gasteiger partial charge in [0.15, 0.2) is 0 Å². The summed E-state index contributed by atoms with van der Waals surface area (Å²) in [5, 5.41) is 10.3. The van der Waals surface area contributed by atoms with Crippen molar-refractivity contribution >= 4 is 0 Å². The highest BCUT2D eigenvalue weighted by Crippen LogP contribution is 2.36. The number of aromatic nitrogens is 3. The number of rotatable bonds is 4. The normalized spacial score (nSPS) is 19.8. The monoisotopic (exact) mass is 180 g/mol. The van der Waals surface area contributed by atoms with Crippen LogP contribution < -0.4 is 5.32 Å². The molecule has 1 atom stereocenters. The highest BCUT2D eigenvalue weighted by Gasteiger charge is 2.29. The van der Waals surface area contributed by atoms with Crippen molar-refractivity contribution in [3.8, 4) is 0 Å². The molecular formula is C9H16N4. The number of hydrogen-bond acceptors (Lipinski definition) is 3. The van der Waals surface area contributed by atoms with E-state index in [1.54, 1.807) is 6.33 Å². The van der Waals surface area contributed by atoms with E-state index in [1.807, 2.05) is 0 Å². The second kappa shape index (κ2) is 3.87. The summed E-state index contributed by atoms with van der Waals surface area (Å²) in [5.74, 6) is 1.75. The predicted octanol–water partition coefficient (Wildman–Crippen LogP) is 1.26. The Morgan fingerprint density at radius 1 is 1.69 bits per heavy atom. The Balaban J connectivity index is 2.04. The van der Waals surface area contributed by atoms with Gasteiger partial charge in [-0.05, 0) is 25.3 Å². The molecule has 1 unspecified atom stereocenters. The first kappa shape index (κ1) is 8.69. The molecule has 1 heterocycles.